The number of ether oxygens (including phenoxy) is 3. The molecule has 6 atom stereocenters. The van der Waals surface area contributed by atoms with E-state index in [9.17, 15) is 14.7 Å². The molecule has 0 aromatic rings. The molecule has 0 spiro atoms. The SMILES string of the molecule is COC1C(OC(=O)N(Cl)C(C)=O)CCC(O)(CBr)C1C1(C)OC1CC=C(C)C. The maximum Gasteiger partial charge on any atom is 0.432 e. The van der Waals surface area contributed by atoms with E-state index in [1.807, 2.05) is 20.8 Å². The van der Waals surface area contributed by atoms with Gasteiger partial charge in [0, 0.05) is 37.1 Å². The van der Waals surface area contributed by atoms with Crippen molar-refractivity contribution in [1.29, 1.82) is 0 Å². The summed E-state index contributed by atoms with van der Waals surface area (Å²) in [6.45, 7) is 7.17. The van der Waals surface area contributed by atoms with Gasteiger partial charge in [-0.3, -0.25) is 4.79 Å². The first-order chi connectivity index (χ1) is 13.0. The van der Waals surface area contributed by atoms with Crippen molar-refractivity contribution in [2.75, 3.05) is 12.4 Å². The van der Waals surface area contributed by atoms with Crippen LogP contribution >= 0.6 is 27.7 Å². The summed E-state index contributed by atoms with van der Waals surface area (Å²) < 4.78 is 17.6. The van der Waals surface area contributed by atoms with E-state index in [0.717, 1.165) is 6.42 Å². The van der Waals surface area contributed by atoms with Crippen LogP contribution in [0.2, 0.25) is 0 Å². The second-order valence-corrected chi connectivity index (χ2v) is 8.88. The van der Waals surface area contributed by atoms with Crippen molar-refractivity contribution in [2.45, 2.75) is 76.5 Å². The van der Waals surface area contributed by atoms with Crippen molar-refractivity contribution in [3.05, 3.63) is 11.6 Å². The highest BCUT2D eigenvalue weighted by atomic mass is 79.9. The second-order valence-electron chi connectivity index (χ2n) is 7.98. The molecule has 6 unspecified atom stereocenters. The topological polar surface area (TPSA) is 88.6 Å². The lowest BCUT2D eigenvalue weighted by atomic mass is 9.66. The van der Waals surface area contributed by atoms with Crippen LogP contribution in [0.25, 0.3) is 0 Å². The molecular weight excluding hydrogens is 454 g/mol. The van der Waals surface area contributed by atoms with Gasteiger partial charge in [0.15, 0.2) is 0 Å². The number of hydrogen-bond donors (Lipinski definition) is 1. The van der Waals surface area contributed by atoms with Crippen LogP contribution < -0.4 is 0 Å². The Balaban J connectivity index is 2.25. The molecule has 9 heteroatoms. The molecule has 1 aliphatic heterocycles. The molecule has 2 amide bonds. The molecule has 1 saturated heterocycles. The number of epoxide rings is 1. The molecule has 2 fully saturated rings. The van der Waals surface area contributed by atoms with Crippen LogP contribution in [0.3, 0.4) is 0 Å². The maximum absolute atomic E-state index is 12.1. The fourth-order valence-electron chi connectivity index (χ4n) is 4.13. The quantitative estimate of drug-likeness (QED) is 0.269. The maximum atomic E-state index is 12.1. The van der Waals surface area contributed by atoms with Gasteiger partial charge < -0.3 is 19.3 Å². The summed E-state index contributed by atoms with van der Waals surface area (Å²) in [7, 11) is 1.51. The lowest BCUT2D eigenvalue weighted by Crippen LogP contribution is -2.61. The first-order valence-corrected chi connectivity index (χ1v) is 10.8. The normalized spacial score (nSPS) is 37.1. The van der Waals surface area contributed by atoms with Gasteiger partial charge in [0.1, 0.15) is 17.8 Å². The van der Waals surface area contributed by atoms with Crippen LogP contribution in [0.15, 0.2) is 11.6 Å². The lowest BCUT2D eigenvalue weighted by Gasteiger charge is -2.48. The number of imide groups is 1. The van der Waals surface area contributed by atoms with E-state index in [4.69, 9.17) is 26.0 Å². The van der Waals surface area contributed by atoms with Gasteiger partial charge in [0.2, 0.25) is 5.91 Å². The van der Waals surface area contributed by atoms with Crippen molar-refractivity contribution in [3.8, 4) is 0 Å². The van der Waals surface area contributed by atoms with Gasteiger partial charge in [-0.2, -0.15) is 4.42 Å². The minimum absolute atomic E-state index is 0.0631. The van der Waals surface area contributed by atoms with Crippen LogP contribution in [-0.4, -0.2) is 63.5 Å². The fourth-order valence-corrected chi connectivity index (χ4v) is 4.80. The average molecular weight is 483 g/mol. The van der Waals surface area contributed by atoms with Crippen molar-refractivity contribution < 1.29 is 28.9 Å². The standard InChI is InChI=1S/C19H29BrClNO6/c1-11(2)6-7-14-18(4,28-14)16-15(26-5)13(8-9-19(16,25)10-20)27-17(24)22(21)12(3)23/h6,13-16,25H,7-10H2,1-5H3. The van der Waals surface area contributed by atoms with Gasteiger partial charge in [0.25, 0.3) is 0 Å². The molecule has 0 radical (unpaired) electrons. The number of allylic oxidation sites excluding steroid dienone is 1. The third-order valence-electron chi connectivity index (χ3n) is 5.66. The Kier molecular flexibility index (Phi) is 7.59. The molecule has 1 N–H and O–H groups in total. The van der Waals surface area contributed by atoms with Crippen molar-refractivity contribution in [2.24, 2.45) is 5.92 Å². The number of aliphatic hydroxyl groups is 1. The molecule has 2 aliphatic rings. The smallest absolute Gasteiger partial charge is 0.432 e. The van der Waals surface area contributed by atoms with Crippen molar-refractivity contribution in [1.82, 2.24) is 4.42 Å². The minimum Gasteiger partial charge on any atom is -0.442 e. The van der Waals surface area contributed by atoms with Gasteiger partial charge in [-0.1, -0.05) is 27.6 Å². The molecule has 0 aromatic heterocycles. The lowest BCUT2D eigenvalue weighted by molar-refractivity contribution is -0.171. The number of carbonyl (C=O) groups excluding carboxylic acids is 2. The van der Waals surface area contributed by atoms with Gasteiger partial charge in [-0.15, -0.1) is 0 Å². The van der Waals surface area contributed by atoms with Gasteiger partial charge in [-0.25, -0.2) is 4.79 Å². The summed E-state index contributed by atoms with van der Waals surface area (Å²) in [5.41, 5.74) is -0.514. The number of methoxy groups -OCH3 is 1. The highest BCUT2D eigenvalue weighted by molar-refractivity contribution is 9.09. The first-order valence-electron chi connectivity index (χ1n) is 9.29. The summed E-state index contributed by atoms with van der Waals surface area (Å²) in [5, 5.41) is 11.6. The largest absolute Gasteiger partial charge is 0.442 e. The Morgan fingerprint density at radius 3 is 2.54 bits per heavy atom. The Hall–Kier alpha value is -0.670. The fraction of sp³-hybridized carbons (Fsp3) is 0.789. The van der Waals surface area contributed by atoms with Crippen LogP contribution in [0.4, 0.5) is 4.79 Å². The highest BCUT2D eigenvalue weighted by Gasteiger charge is 2.67. The van der Waals surface area contributed by atoms with E-state index in [-0.39, 0.29) is 6.10 Å². The van der Waals surface area contributed by atoms with Gasteiger partial charge >= 0.3 is 6.09 Å². The number of halogens is 2. The minimum atomic E-state index is -1.08. The van der Waals surface area contributed by atoms with Crippen molar-refractivity contribution >= 4 is 39.7 Å². The first kappa shape index (κ1) is 23.6. The van der Waals surface area contributed by atoms with Crippen LogP contribution in [0.1, 0.15) is 47.0 Å². The average Bonchev–Trinajstić information content (AvgIpc) is 3.30. The zero-order chi connectivity index (χ0) is 21.3. The third-order valence-corrected chi connectivity index (χ3v) is 7.01. The number of alkyl halides is 1. The number of hydrogen-bond acceptors (Lipinski definition) is 6. The molecule has 28 heavy (non-hydrogen) atoms. The number of nitrogens with zero attached hydrogens (tertiary/aromatic N) is 1. The van der Waals surface area contributed by atoms with E-state index in [1.165, 1.54) is 19.6 Å². The number of amides is 2. The van der Waals surface area contributed by atoms with E-state index in [2.05, 4.69) is 22.0 Å². The van der Waals surface area contributed by atoms with Crippen LogP contribution in [-0.2, 0) is 19.0 Å². The monoisotopic (exact) mass is 481 g/mol. The van der Waals surface area contributed by atoms with Crippen LogP contribution in [0.5, 0.6) is 0 Å². The van der Waals surface area contributed by atoms with Crippen LogP contribution in [0, 0.1) is 5.92 Å². The third kappa shape index (κ3) is 4.73. The summed E-state index contributed by atoms with van der Waals surface area (Å²) in [6, 6.07) is 0. The Morgan fingerprint density at radius 2 is 2.04 bits per heavy atom. The molecule has 1 heterocycles. The van der Waals surface area contributed by atoms with Gasteiger partial charge in [-0.05, 0) is 40.0 Å². The number of carbonyl (C=O) groups is 2. The van der Waals surface area contributed by atoms with E-state index < -0.39 is 41.3 Å². The molecule has 1 aliphatic carbocycles. The van der Waals surface area contributed by atoms with Crippen molar-refractivity contribution in [3.63, 3.8) is 0 Å². The molecule has 7 nitrogen and oxygen atoms in total. The molecular formula is C19H29BrClNO6. The Labute approximate surface area is 179 Å². The van der Waals surface area contributed by atoms with E-state index in [0.29, 0.717) is 22.6 Å². The Bertz CT molecular complexity index is 642. The highest BCUT2D eigenvalue weighted by Crippen LogP contribution is 2.55. The second kappa shape index (κ2) is 9.00. The Morgan fingerprint density at radius 1 is 1.39 bits per heavy atom. The van der Waals surface area contributed by atoms with Gasteiger partial charge in [0.05, 0.1) is 11.7 Å². The number of rotatable bonds is 6. The zero-order valence-corrected chi connectivity index (χ0v) is 19.2. The molecule has 1 saturated carbocycles. The predicted octanol–water partition coefficient (Wildman–Crippen LogP) is 3.56. The summed E-state index contributed by atoms with van der Waals surface area (Å²) in [5.74, 6) is -1.07. The molecule has 160 valence electrons. The summed E-state index contributed by atoms with van der Waals surface area (Å²) in [6.07, 6.45) is 1.31. The molecule has 2 rings (SSSR count). The molecule has 0 bridgehead atoms. The van der Waals surface area contributed by atoms with E-state index in [1.54, 1.807) is 0 Å². The summed E-state index contributed by atoms with van der Waals surface area (Å²) >= 11 is 9.10. The molecule has 0 aromatic carbocycles. The predicted molar refractivity (Wildman–Crippen MR) is 108 cm³/mol. The van der Waals surface area contributed by atoms with E-state index >= 15 is 0 Å². The zero-order valence-electron chi connectivity index (χ0n) is 16.9. The summed E-state index contributed by atoms with van der Waals surface area (Å²) in [4.78, 5) is 23.5.